The van der Waals surface area contributed by atoms with Gasteiger partial charge in [-0.2, -0.15) is 0 Å². The van der Waals surface area contributed by atoms with Crippen LogP contribution in [0.2, 0.25) is 0 Å². The van der Waals surface area contributed by atoms with Crippen LogP contribution in [0.3, 0.4) is 0 Å². The number of halogens is 2. The van der Waals surface area contributed by atoms with E-state index in [1.165, 1.54) is 12.1 Å². The molecule has 3 rings (SSSR count). The highest BCUT2D eigenvalue weighted by molar-refractivity contribution is 9.10. The normalized spacial score (nSPS) is 16.0. The summed E-state index contributed by atoms with van der Waals surface area (Å²) in [5, 5.41) is 0. The summed E-state index contributed by atoms with van der Waals surface area (Å²) in [5.74, 6) is -0.397. The minimum atomic E-state index is -3.71. The smallest absolute Gasteiger partial charge is 0.289 e. The Morgan fingerprint density at radius 2 is 1.88 bits per heavy atom. The Morgan fingerprint density at radius 3 is 2.42 bits per heavy atom. The molecule has 0 aliphatic carbocycles. The lowest BCUT2D eigenvalue weighted by atomic mass is 10.1. The largest absolute Gasteiger partial charge is 0.444 e. The Morgan fingerprint density at radius 1 is 1.27 bits per heavy atom. The molecule has 0 bridgehead atoms. The molecule has 26 heavy (non-hydrogen) atoms. The van der Waals surface area contributed by atoms with Crippen molar-refractivity contribution in [3.63, 3.8) is 0 Å². The van der Waals surface area contributed by atoms with Gasteiger partial charge in [-0.15, -0.1) is 0 Å². The summed E-state index contributed by atoms with van der Waals surface area (Å²) in [7, 11) is -3.71. The summed E-state index contributed by atoms with van der Waals surface area (Å²) in [5.41, 5.74) is 0.751. The number of nitrogens with one attached hydrogen (secondary N) is 1. The van der Waals surface area contributed by atoms with Gasteiger partial charge in [0, 0.05) is 24.7 Å². The second kappa shape index (κ2) is 7.50. The van der Waals surface area contributed by atoms with E-state index in [1.807, 2.05) is 0 Å². The number of nitrogens with zero attached hydrogens (tertiary/aromatic N) is 1. The molecule has 6 nitrogen and oxygen atoms in total. The maximum atomic E-state index is 13.0. The van der Waals surface area contributed by atoms with Gasteiger partial charge in [-0.05, 0) is 66.0 Å². The van der Waals surface area contributed by atoms with Crippen molar-refractivity contribution in [2.24, 2.45) is 0 Å². The molecule has 1 amide bonds. The fraction of sp³-hybridized carbons (Fsp3) is 0.353. The third-order valence-electron chi connectivity index (χ3n) is 4.31. The van der Waals surface area contributed by atoms with Crippen LogP contribution in [-0.4, -0.2) is 38.4 Å². The standard InChI is InChI=1S/C17H18BrFN2O4S/c1-11-10-15(18)25-16(11)17(22)21-8-6-13(7-9-21)20-26(23,24)14-4-2-12(19)3-5-14/h2-5,10,13,20H,6-9H2,1H3. The van der Waals surface area contributed by atoms with Crippen LogP contribution in [0.25, 0.3) is 0 Å². The Balaban J connectivity index is 1.61. The number of hydrogen-bond donors (Lipinski definition) is 1. The fourth-order valence-electron chi connectivity index (χ4n) is 2.90. The van der Waals surface area contributed by atoms with Crippen molar-refractivity contribution in [1.82, 2.24) is 9.62 Å². The summed E-state index contributed by atoms with van der Waals surface area (Å²) in [6.07, 6.45) is 0.986. The lowest BCUT2D eigenvalue weighted by Gasteiger charge is -2.31. The molecule has 0 saturated carbocycles. The molecule has 1 aromatic heterocycles. The molecule has 1 aliphatic heterocycles. The average molecular weight is 445 g/mol. The first-order valence-corrected chi connectivity index (χ1v) is 10.4. The number of aryl methyl sites for hydroxylation is 1. The monoisotopic (exact) mass is 444 g/mol. The molecule has 0 atom stereocenters. The predicted molar refractivity (Wildman–Crippen MR) is 96.8 cm³/mol. The maximum Gasteiger partial charge on any atom is 0.289 e. The van der Waals surface area contributed by atoms with Gasteiger partial charge in [0.25, 0.3) is 5.91 Å². The van der Waals surface area contributed by atoms with Crippen LogP contribution in [0.5, 0.6) is 0 Å². The van der Waals surface area contributed by atoms with Crippen molar-refractivity contribution in [3.8, 4) is 0 Å². The molecule has 140 valence electrons. The number of likely N-dealkylation sites (tertiary alicyclic amines) is 1. The van der Waals surface area contributed by atoms with E-state index < -0.39 is 15.8 Å². The highest BCUT2D eigenvalue weighted by Gasteiger charge is 2.29. The van der Waals surface area contributed by atoms with E-state index in [9.17, 15) is 17.6 Å². The van der Waals surface area contributed by atoms with Crippen molar-refractivity contribution in [1.29, 1.82) is 0 Å². The number of rotatable bonds is 4. The van der Waals surface area contributed by atoms with Crippen LogP contribution in [0.15, 0.2) is 44.3 Å². The summed E-state index contributed by atoms with van der Waals surface area (Å²) in [6, 6.07) is 6.14. The number of carbonyl (C=O) groups excluding carboxylic acids is 1. The Bertz CT molecular complexity index is 903. The Hall–Kier alpha value is -1.71. The van der Waals surface area contributed by atoms with E-state index in [0.29, 0.717) is 36.4 Å². The molecule has 0 spiro atoms. The zero-order chi connectivity index (χ0) is 18.9. The van der Waals surface area contributed by atoms with E-state index >= 15 is 0 Å². The van der Waals surface area contributed by atoms with E-state index in [4.69, 9.17) is 4.42 Å². The Kier molecular flexibility index (Phi) is 5.50. The van der Waals surface area contributed by atoms with Crippen molar-refractivity contribution in [3.05, 3.63) is 52.1 Å². The number of sulfonamides is 1. The van der Waals surface area contributed by atoms with Crippen LogP contribution in [0.1, 0.15) is 29.0 Å². The topological polar surface area (TPSA) is 79.6 Å². The van der Waals surface area contributed by atoms with Gasteiger partial charge in [-0.25, -0.2) is 17.5 Å². The molecule has 1 fully saturated rings. The number of carbonyl (C=O) groups is 1. The summed E-state index contributed by atoms with van der Waals surface area (Å²) in [4.78, 5) is 14.2. The van der Waals surface area contributed by atoms with Gasteiger partial charge in [-0.3, -0.25) is 4.79 Å². The van der Waals surface area contributed by atoms with Crippen LogP contribution in [0.4, 0.5) is 4.39 Å². The first-order valence-electron chi connectivity index (χ1n) is 8.09. The average Bonchev–Trinajstić information content (AvgIpc) is 2.93. The van der Waals surface area contributed by atoms with Crippen molar-refractivity contribution >= 4 is 31.9 Å². The van der Waals surface area contributed by atoms with Crippen molar-refractivity contribution in [2.45, 2.75) is 30.7 Å². The number of hydrogen-bond acceptors (Lipinski definition) is 4. The maximum absolute atomic E-state index is 13.0. The van der Waals surface area contributed by atoms with Gasteiger partial charge in [0.05, 0.1) is 4.90 Å². The van der Waals surface area contributed by atoms with Crippen LogP contribution >= 0.6 is 15.9 Å². The molecule has 9 heteroatoms. The zero-order valence-corrected chi connectivity index (χ0v) is 16.4. The first kappa shape index (κ1) is 19.1. The molecule has 1 saturated heterocycles. The molecule has 2 aromatic rings. The van der Waals surface area contributed by atoms with Crippen LogP contribution in [-0.2, 0) is 10.0 Å². The highest BCUT2D eigenvalue weighted by Crippen LogP contribution is 2.23. The van der Waals surface area contributed by atoms with Crippen LogP contribution in [0, 0.1) is 12.7 Å². The number of amides is 1. The number of furan rings is 1. The minimum absolute atomic E-state index is 0.0217. The van der Waals surface area contributed by atoms with Crippen LogP contribution < -0.4 is 4.72 Å². The lowest BCUT2D eigenvalue weighted by Crippen LogP contribution is -2.46. The van der Waals surface area contributed by atoms with Gasteiger partial charge in [0.1, 0.15) is 5.82 Å². The van der Waals surface area contributed by atoms with E-state index in [-0.39, 0.29) is 16.8 Å². The summed E-state index contributed by atoms with van der Waals surface area (Å²) < 4.78 is 46.2. The molecule has 1 N–H and O–H groups in total. The second-order valence-corrected chi connectivity index (χ2v) is 8.70. The van der Waals surface area contributed by atoms with E-state index in [0.717, 1.165) is 17.7 Å². The van der Waals surface area contributed by atoms with Gasteiger partial charge in [0.2, 0.25) is 10.0 Å². The first-order chi connectivity index (χ1) is 12.3. The van der Waals surface area contributed by atoms with Gasteiger partial charge >= 0.3 is 0 Å². The van der Waals surface area contributed by atoms with Gasteiger partial charge < -0.3 is 9.32 Å². The molecular formula is C17H18BrFN2O4S. The van der Waals surface area contributed by atoms with Crippen molar-refractivity contribution in [2.75, 3.05) is 13.1 Å². The minimum Gasteiger partial charge on any atom is -0.444 e. The number of benzene rings is 1. The van der Waals surface area contributed by atoms with Gasteiger partial charge in [-0.1, -0.05) is 0 Å². The predicted octanol–water partition coefficient (Wildman–Crippen LogP) is 3.07. The van der Waals surface area contributed by atoms with E-state index in [1.54, 1.807) is 17.9 Å². The molecule has 0 unspecified atom stereocenters. The third-order valence-corrected chi connectivity index (χ3v) is 6.24. The highest BCUT2D eigenvalue weighted by atomic mass is 79.9. The van der Waals surface area contributed by atoms with E-state index in [2.05, 4.69) is 20.7 Å². The fourth-order valence-corrected chi connectivity index (χ4v) is 4.71. The third kappa shape index (κ3) is 4.16. The molecule has 1 aliphatic rings. The quantitative estimate of drug-likeness (QED) is 0.785. The lowest BCUT2D eigenvalue weighted by molar-refractivity contribution is 0.0676. The zero-order valence-electron chi connectivity index (χ0n) is 14.0. The molecular weight excluding hydrogens is 427 g/mol. The molecule has 0 radical (unpaired) electrons. The SMILES string of the molecule is Cc1cc(Br)oc1C(=O)N1CCC(NS(=O)(=O)c2ccc(F)cc2)CC1. The summed E-state index contributed by atoms with van der Waals surface area (Å²) in [6.45, 7) is 2.64. The Labute approximate surface area is 159 Å². The number of piperidine rings is 1. The summed E-state index contributed by atoms with van der Waals surface area (Å²) >= 11 is 3.21. The van der Waals surface area contributed by atoms with Gasteiger partial charge in [0.15, 0.2) is 10.4 Å². The van der Waals surface area contributed by atoms with Crippen molar-refractivity contribution < 1.29 is 22.0 Å². The molecule has 1 aromatic carbocycles. The molecule has 2 heterocycles. The second-order valence-electron chi connectivity index (χ2n) is 6.20.